The van der Waals surface area contributed by atoms with Crippen molar-refractivity contribution in [3.05, 3.63) is 51.5 Å². The number of aliphatic imine (C=N–C) groups is 1. The summed E-state index contributed by atoms with van der Waals surface area (Å²) >= 11 is 1.82. The van der Waals surface area contributed by atoms with Crippen molar-refractivity contribution in [3.8, 4) is 0 Å². The van der Waals surface area contributed by atoms with Crippen molar-refractivity contribution < 1.29 is 9.50 Å². The predicted octanol–water partition coefficient (Wildman–Crippen LogP) is 3.84. The van der Waals surface area contributed by atoms with Gasteiger partial charge in [-0.3, -0.25) is 0 Å². The quantitative estimate of drug-likeness (QED) is 0.460. The minimum Gasteiger partial charge on any atom is -0.393 e. The van der Waals surface area contributed by atoms with Gasteiger partial charge in [-0.05, 0) is 63.4 Å². The second-order valence-electron chi connectivity index (χ2n) is 7.96. The molecule has 30 heavy (non-hydrogen) atoms. The van der Waals surface area contributed by atoms with E-state index in [-0.39, 0.29) is 18.0 Å². The summed E-state index contributed by atoms with van der Waals surface area (Å²) in [6, 6.07) is 9.92. The Hall–Kier alpha value is -2.12. The molecule has 1 aliphatic rings. The molecule has 1 atom stereocenters. The Morgan fingerprint density at radius 3 is 2.70 bits per heavy atom. The largest absolute Gasteiger partial charge is 0.393 e. The van der Waals surface area contributed by atoms with E-state index in [9.17, 15) is 9.50 Å². The molecule has 1 unspecified atom stereocenters. The Morgan fingerprint density at radius 1 is 1.30 bits per heavy atom. The number of guanidine groups is 1. The molecular formula is C23H33FN4OS. The third-order valence-electron chi connectivity index (χ3n) is 5.27. The molecule has 3 N–H and O–H groups in total. The summed E-state index contributed by atoms with van der Waals surface area (Å²) < 4.78 is 14.7. The van der Waals surface area contributed by atoms with Crippen LogP contribution in [0.3, 0.4) is 0 Å². The van der Waals surface area contributed by atoms with E-state index in [0.29, 0.717) is 38.2 Å². The number of anilines is 1. The Morgan fingerprint density at radius 2 is 2.07 bits per heavy atom. The molecule has 2 aromatic rings. The first-order valence-electron chi connectivity index (χ1n) is 10.8. The predicted molar refractivity (Wildman–Crippen MR) is 124 cm³/mol. The fourth-order valence-electron chi connectivity index (χ4n) is 3.68. The third kappa shape index (κ3) is 6.44. The average molecular weight is 433 g/mol. The minimum atomic E-state index is -0.263. The Bertz CT molecular complexity index is 845. The summed E-state index contributed by atoms with van der Waals surface area (Å²) in [6.45, 7) is 8.86. The molecule has 0 amide bonds. The van der Waals surface area contributed by atoms with Gasteiger partial charge in [-0.15, -0.1) is 11.3 Å². The number of rotatable bonds is 7. The van der Waals surface area contributed by atoms with E-state index < -0.39 is 0 Å². The molecule has 1 aromatic carbocycles. The Balaban J connectivity index is 1.60. The van der Waals surface area contributed by atoms with Gasteiger partial charge in [0.05, 0.1) is 18.3 Å². The third-order valence-corrected chi connectivity index (χ3v) is 6.29. The number of aryl methyl sites for hydroxylation is 1. The zero-order valence-electron chi connectivity index (χ0n) is 18.1. The number of hydrogen-bond acceptors (Lipinski definition) is 4. The van der Waals surface area contributed by atoms with E-state index in [4.69, 9.17) is 0 Å². The Labute approximate surface area is 183 Å². The molecule has 164 valence electrons. The van der Waals surface area contributed by atoms with E-state index in [0.717, 1.165) is 24.5 Å². The molecule has 0 saturated carbocycles. The van der Waals surface area contributed by atoms with Crippen LogP contribution in [0.4, 0.5) is 10.1 Å². The van der Waals surface area contributed by atoms with Crippen molar-refractivity contribution in [1.82, 2.24) is 10.6 Å². The minimum absolute atomic E-state index is 0.224. The van der Waals surface area contributed by atoms with Gasteiger partial charge in [0.25, 0.3) is 0 Å². The molecule has 5 nitrogen and oxygen atoms in total. The van der Waals surface area contributed by atoms with Gasteiger partial charge >= 0.3 is 0 Å². The molecule has 0 spiro atoms. The summed E-state index contributed by atoms with van der Waals surface area (Å²) in [4.78, 5) is 9.33. The van der Waals surface area contributed by atoms with E-state index >= 15 is 0 Å². The first-order valence-corrected chi connectivity index (χ1v) is 11.6. The van der Waals surface area contributed by atoms with E-state index in [1.807, 2.05) is 35.3 Å². The van der Waals surface area contributed by atoms with Crippen LogP contribution < -0.4 is 15.5 Å². The van der Waals surface area contributed by atoms with Crippen LogP contribution in [-0.2, 0) is 13.0 Å². The number of piperidine rings is 1. The van der Waals surface area contributed by atoms with Crippen LogP contribution in [0.15, 0.2) is 35.3 Å². The molecule has 1 aliphatic heterocycles. The van der Waals surface area contributed by atoms with E-state index in [2.05, 4.69) is 41.6 Å². The lowest BCUT2D eigenvalue weighted by molar-refractivity contribution is 0.145. The van der Waals surface area contributed by atoms with Crippen molar-refractivity contribution in [3.63, 3.8) is 0 Å². The monoisotopic (exact) mass is 432 g/mol. The normalized spacial score (nSPS) is 16.6. The molecule has 0 bridgehead atoms. The molecular weight excluding hydrogens is 399 g/mol. The zero-order chi connectivity index (χ0) is 21.5. The number of hydrogen-bond donors (Lipinski definition) is 3. The summed E-state index contributed by atoms with van der Waals surface area (Å²) in [6.07, 6.45) is 2.05. The van der Waals surface area contributed by atoms with Crippen molar-refractivity contribution in [2.45, 2.75) is 58.7 Å². The summed E-state index contributed by atoms with van der Waals surface area (Å²) in [5.41, 5.74) is 1.45. The number of aliphatic hydroxyl groups is 1. The maximum absolute atomic E-state index is 14.7. The number of halogens is 1. The zero-order valence-corrected chi connectivity index (χ0v) is 18.9. The van der Waals surface area contributed by atoms with Crippen LogP contribution in [0.1, 0.15) is 42.0 Å². The summed E-state index contributed by atoms with van der Waals surface area (Å²) in [5, 5.41) is 16.4. The average Bonchev–Trinajstić information content (AvgIpc) is 3.11. The van der Waals surface area contributed by atoms with Gasteiger partial charge in [0.2, 0.25) is 0 Å². The molecule has 1 aromatic heterocycles. The topological polar surface area (TPSA) is 59.9 Å². The SMILES string of the molecule is CCNC(=NCc1ccc(N2CCC(O)CC2)c(F)c1)NC(C)Cc1ccc(C)s1. The number of nitrogens with one attached hydrogen (secondary N) is 2. The molecule has 0 radical (unpaired) electrons. The van der Waals surface area contributed by atoms with Crippen molar-refractivity contribution in [1.29, 1.82) is 0 Å². The first kappa shape index (κ1) is 22.6. The number of thiophene rings is 1. The van der Waals surface area contributed by atoms with E-state index in [1.165, 1.54) is 9.75 Å². The summed E-state index contributed by atoms with van der Waals surface area (Å²) in [7, 11) is 0. The first-order chi connectivity index (χ1) is 14.4. The van der Waals surface area contributed by atoms with Crippen molar-refractivity contribution in [2.24, 2.45) is 4.99 Å². The van der Waals surface area contributed by atoms with Gasteiger partial charge in [0, 0.05) is 41.9 Å². The van der Waals surface area contributed by atoms with E-state index in [1.54, 1.807) is 6.07 Å². The van der Waals surface area contributed by atoms with Gasteiger partial charge in [-0.25, -0.2) is 9.38 Å². The highest BCUT2D eigenvalue weighted by molar-refractivity contribution is 7.11. The van der Waals surface area contributed by atoms with Crippen LogP contribution in [0.2, 0.25) is 0 Å². The second-order valence-corrected chi connectivity index (χ2v) is 9.33. The maximum Gasteiger partial charge on any atom is 0.191 e. The highest BCUT2D eigenvalue weighted by Gasteiger charge is 2.19. The molecule has 1 fully saturated rings. The highest BCUT2D eigenvalue weighted by Crippen LogP contribution is 2.24. The molecule has 0 aliphatic carbocycles. The molecule has 7 heteroatoms. The smallest absolute Gasteiger partial charge is 0.191 e. The van der Waals surface area contributed by atoms with Gasteiger partial charge in [-0.1, -0.05) is 6.07 Å². The van der Waals surface area contributed by atoms with Crippen LogP contribution in [0, 0.1) is 12.7 Å². The van der Waals surface area contributed by atoms with Gasteiger partial charge in [0.15, 0.2) is 5.96 Å². The standard InChI is InChI=1S/C23H33FN4OS/c1-4-25-23(27-16(2)13-20-7-5-17(3)30-20)26-15-18-6-8-22(21(24)14-18)28-11-9-19(29)10-12-28/h5-8,14,16,19,29H,4,9-13,15H2,1-3H3,(H2,25,26,27). The fraction of sp³-hybridized carbons (Fsp3) is 0.522. The maximum atomic E-state index is 14.7. The number of benzene rings is 1. The van der Waals surface area contributed by atoms with Crippen molar-refractivity contribution >= 4 is 23.0 Å². The van der Waals surface area contributed by atoms with Crippen LogP contribution in [-0.4, -0.2) is 42.8 Å². The van der Waals surface area contributed by atoms with Gasteiger partial charge in [0.1, 0.15) is 5.82 Å². The molecule has 1 saturated heterocycles. The van der Waals surface area contributed by atoms with Crippen LogP contribution >= 0.6 is 11.3 Å². The summed E-state index contributed by atoms with van der Waals surface area (Å²) in [5.74, 6) is 0.520. The van der Waals surface area contributed by atoms with Crippen LogP contribution in [0.5, 0.6) is 0 Å². The molecule has 2 heterocycles. The lowest BCUT2D eigenvalue weighted by atomic mass is 10.1. The van der Waals surface area contributed by atoms with Crippen molar-refractivity contribution in [2.75, 3.05) is 24.5 Å². The van der Waals surface area contributed by atoms with Crippen LogP contribution in [0.25, 0.3) is 0 Å². The lowest BCUT2D eigenvalue weighted by Crippen LogP contribution is -2.43. The molecule has 3 rings (SSSR count). The van der Waals surface area contributed by atoms with Gasteiger partial charge < -0.3 is 20.6 Å². The van der Waals surface area contributed by atoms with Gasteiger partial charge in [-0.2, -0.15) is 0 Å². The fourth-order valence-corrected chi connectivity index (χ4v) is 4.70. The number of aliphatic hydroxyl groups excluding tert-OH is 1. The second kappa shape index (κ2) is 10.8. The highest BCUT2D eigenvalue weighted by atomic mass is 32.1. The number of nitrogens with zero attached hydrogens (tertiary/aromatic N) is 2. The Kier molecular flexibility index (Phi) is 8.10. The lowest BCUT2D eigenvalue weighted by Gasteiger charge is -2.31.